The second-order valence-corrected chi connectivity index (χ2v) is 4.57. The number of carboxylic acids is 2. The molecule has 0 aliphatic carbocycles. The fourth-order valence-electron chi connectivity index (χ4n) is 1.79. The van der Waals surface area contributed by atoms with Crippen LogP contribution < -0.4 is 0 Å². The molecule has 2 aromatic rings. The first-order valence-electron chi connectivity index (χ1n) is 6.58. The maximum Gasteiger partial charge on any atom is 0.339 e. The monoisotopic (exact) mass is 354 g/mol. The molecule has 0 bridgehead atoms. The summed E-state index contributed by atoms with van der Waals surface area (Å²) in [6.07, 6.45) is 2.57. The van der Waals surface area contributed by atoms with Crippen molar-refractivity contribution < 1.29 is 30.0 Å². The van der Waals surface area contributed by atoms with E-state index < -0.39 is 11.9 Å². The second-order valence-electron chi connectivity index (χ2n) is 4.57. The van der Waals surface area contributed by atoms with Crippen molar-refractivity contribution in [3.05, 3.63) is 47.5 Å². The first-order valence-corrected chi connectivity index (χ1v) is 6.58. The summed E-state index contributed by atoms with van der Waals surface area (Å²) in [5.74, 6) is -3.27. The number of aromatic carboxylic acids is 2. The van der Waals surface area contributed by atoms with Crippen LogP contribution in [0.3, 0.4) is 0 Å². The van der Waals surface area contributed by atoms with Gasteiger partial charge in [0.25, 0.3) is 0 Å². The summed E-state index contributed by atoms with van der Waals surface area (Å²) in [5.41, 5.74) is 0.0552. The van der Waals surface area contributed by atoms with Gasteiger partial charge in [0.2, 0.25) is 0 Å². The van der Waals surface area contributed by atoms with E-state index in [1.165, 1.54) is 48.8 Å². The van der Waals surface area contributed by atoms with Crippen LogP contribution in [0.5, 0.6) is 11.5 Å². The van der Waals surface area contributed by atoms with Crippen molar-refractivity contribution in [2.75, 3.05) is 0 Å². The average Bonchev–Trinajstić information content (AvgIpc) is 2.53. The lowest BCUT2D eigenvalue weighted by Crippen LogP contribution is -1.96. The Morgan fingerprint density at radius 3 is 1.44 bits per heavy atom. The Morgan fingerprint density at radius 1 is 0.760 bits per heavy atom. The molecule has 0 aromatic heterocycles. The van der Waals surface area contributed by atoms with Gasteiger partial charge in [0.15, 0.2) is 0 Å². The average molecular weight is 355 g/mol. The number of benzene rings is 2. The topological polar surface area (TPSA) is 140 Å². The molecule has 0 unspecified atom stereocenters. The Hall–Kier alpha value is -2.91. The van der Waals surface area contributed by atoms with E-state index in [1.54, 1.807) is 0 Å². The zero-order chi connectivity index (χ0) is 17.7. The van der Waals surface area contributed by atoms with Gasteiger partial charge < -0.3 is 20.4 Å². The lowest BCUT2D eigenvalue weighted by Gasteiger charge is -2.00. The molecule has 0 heterocycles. The summed E-state index contributed by atoms with van der Waals surface area (Å²) in [6, 6.07) is 7.68. The van der Waals surface area contributed by atoms with Gasteiger partial charge >= 0.3 is 35.0 Å². The van der Waals surface area contributed by atoms with Crippen molar-refractivity contribution in [3.8, 4) is 11.5 Å². The van der Waals surface area contributed by atoms with Crippen molar-refractivity contribution >= 4 is 58.8 Å². The lowest BCUT2D eigenvalue weighted by atomic mass is 10.2. The highest BCUT2D eigenvalue weighted by Gasteiger charge is 2.10. The quantitative estimate of drug-likeness (QED) is 0.476. The van der Waals surface area contributed by atoms with Gasteiger partial charge in [-0.15, -0.1) is 0 Å². The van der Waals surface area contributed by atoms with E-state index in [2.05, 4.69) is 9.98 Å². The van der Waals surface area contributed by atoms with E-state index in [9.17, 15) is 19.8 Å². The second kappa shape index (κ2) is 8.80. The van der Waals surface area contributed by atoms with Crippen LogP contribution in [0.2, 0.25) is 0 Å². The van der Waals surface area contributed by atoms with Gasteiger partial charge in [-0.1, -0.05) is 0 Å². The SMILES string of the molecule is O=C(O)c1cc(/N=C/C=N/c2ccc(O)c(C(=O)O)c2)ccc1O.[MgH2]. The Morgan fingerprint density at radius 2 is 1.12 bits per heavy atom. The Bertz CT molecular complexity index is 792. The summed E-state index contributed by atoms with van der Waals surface area (Å²) in [4.78, 5) is 29.7. The number of rotatable bonds is 5. The fraction of sp³-hybridized carbons (Fsp3) is 0. The molecular weight excluding hydrogens is 340 g/mol. The van der Waals surface area contributed by atoms with Crippen molar-refractivity contribution in [2.45, 2.75) is 0 Å². The Balaban J connectivity index is 0.00000312. The molecule has 8 nitrogen and oxygen atoms in total. The third-order valence-electron chi connectivity index (χ3n) is 2.93. The number of carboxylic acid groups (broad SMARTS) is 2. The summed E-state index contributed by atoms with van der Waals surface area (Å²) in [6.45, 7) is 0. The highest BCUT2D eigenvalue weighted by Crippen LogP contribution is 2.24. The lowest BCUT2D eigenvalue weighted by molar-refractivity contribution is 0.0682. The molecule has 0 aliphatic heterocycles. The minimum Gasteiger partial charge on any atom is -0.507 e. The van der Waals surface area contributed by atoms with Gasteiger partial charge in [-0.25, -0.2) is 9.59 Å². The van der Waals surface area contributed by atoms with Crippen LogP contribution >= 0.6 is 0 Å². The molecule has 0 atom stereocenters. The first kappa shape index (κ1) is 20.1. The number of hydrogen-bond acceptors (Lipinski definition) is 6. The van der Waals surface area contributed by atoms with Crippen LogP contribution in [0.15, 0.2) is 46.4 Å². The van der Waals surface area contributed by atoms with E-state index in [0.717, 1.165) is 0 Å². The van der Waals surface area contributed by atoms with Crippen LogP contribution in [0.1, 0.15) is 20.7 Å². The zero-order valence-electron chi connectivity index (χ0n) is 12.1. The number of phenols is 2. The van der Waals surface area contributed by atoms with Gasteiger partial charge in [0.1, 0.15) is 22.6 Å². The van der Waals surface area contributed by atoms with Crippen LogP contribution in [0, 0.1) is 0 Å². The van der Waals surface area contributed by atoms with Crippen LogP contribution in [-0.2, 0) is 0 Å². The van der Waals surface area contributed by atoms with Crippen LogP contribution in [0.4, 0.5) is 11.4 Å². The largest absolute Gasteiger partial charge is 0.507 e. The zero-order valence-corrected chi connectivity index (χ0v) is 12.1. The van der Waals surface area contributed by atoms with E-state index in [0.29, 0.717) is 11.4 Å². The molecule has 25 heavy (non-hydrogen) atoms. The van der Waals surface area contributed by atoms with Gasteiger partial charge in [0.05, 0.1) is 11.4 Å². The van der Waals surface area contributed by atoms with Gasteiger partial charge in [-0.05, 0) is 36.4 Å². The summed E-state index contributed by atoms with van der Waals surface area (Å²) >= 11 is 0. The molecule has 0 amide bonds. The minimum atomic E-state index is -1.27. The number of aliphatic imine (C=N–C) groups is 2. The smallest absolute Gasteiger partial charge is 0.339 e. The van der Waals surface area contributed by atoms with E-state index in [-0.39, 0.29) is 45.7 Å². The minimum absolute atomic E-state index is 0. The van der Waals surface area contributed by atoms with Gasteiger partial charge in [0, 0.05) is 12.4 Å². The standard InChI is InChI=1S/C16H12N2O6.Mg.2H/c19-13-3-1-9(7-11(13)15(21)22)17-5-6-18-10-2-4-14(20)12(8-10)16(23)24;;;/h1-8,19-20H,(H,21,22)(H,23,24);;;/b17-5+,18-6+;;;. The molecule has 0 aliphatic rings. The van der Waals surface area contributed by atoms with Crippen molar-refractivity contribution in [2.24, 2.45) is 9.98 Å². The molecule has 126 valence electrons. The molecule has 4 N–H and O–H groups in total. The summed E-state index contributed by atoms with van der Waals surface area (Å²) < 4.78 is 0. The van der Waals surface area contributed by atoms with Crippen molar-refractivity contribution in [1.29, 1.82) is 0 Å². The predicted octanol–water partition coefficient (Wildman–Crippen LogP) is 1.68. The molecule has 2 rings (SSSR count). The summed E-state index contributed by atoms with van der Waals surface area (Å²) in [5, 5.41) is 36.6. The molecule has 2 aromatic carbocycles. The maximum atomic E-state index is 10.9. The summed E-state index contributed by atoms with van der Waals surface area (Å²) in [7, 11) is 0. The number of hydrogen-bond donors (Lipinski definition) is 4. The van der Waals surface area contributed by atoms with E-state index >= 15 is 0 Å². The Labute approximate surface area is 158 Å². The first-order chi connectivity index (χ1) is 11.4. The molecule has 0 saturated heterocycles. The molecule has 9 heteroatoms. The number of nitrogens with zero attached hydrogens (tertiary/aromatic N) is 2. The maximum absolute atomic E-state index is 10.9. The number of carbonyl (C=O) groups is 2. The van der Waals surface area contributed by atoms with Crippen molar-refractivity contribution in [3.63, 3.8) is 0 Å². The normalized spacial score (nSPS) is 10.7. The fourth-order valence-corrected chi connectivity index (χ4v) is 1.79. The molecular formula is C16H14MgN2O6. The van der Waals surface area contributed by atoms with E-state index in [1.807, 2.05) is 0 Å². The number of aromatic hydroxyl groups is 2. The van der Waals surface area contributed by atoms with Crippen LogP contribution in [-0.4, -0.2) is 67.8 Å². The predicted molar refractivity (Wildman–Crippen MR) is 95.0 cm³/mol. The van der Waals surface area contributed by atoms with Gasteiger partial charge in [-0.2, -0.15) is 0 Å². The van der Waals surface area contributed by atoms with E-state index in [4.69, 9.17) is 10.2 Å². The molecule has 0 saturated carbocycles. The highest BCUT2D eigenvalue weighted by molar-refractivity contribution is 6.17. The third kappa shape index (κ3) is 5.30. The molecule has 0 radical (unpaired) electrons. The molecule has 0 spiro atoms. The van der Waals surface area contributed by atoms with Crippen LogP contribution in [0.25, 0.3) is 0 Å². The highest BCUT2D eigenvalue weighted by atomic mass is 24.3. The van der Waals surface area contributed by atoms with Crippen molar-refractivity contribution in [1.82, 2.24) is 0 Å². The third-order valence-corrected chi connectivity index (χ3v) is 2.93. The molecule has 0 fully saturated rings. The van der Waals surface area contributed by atoms with Gasteiger partial charge in [-0.3, -0.25) is 9.98 Å². The Kier molecular flexibility index (Phi) is 7.09.